The molecule has 0 radical (unpaired) electrons. The minimum Gasteiger partial charge on any atom is -0.235 e. The van der Waals surface area contributed by atoms with Crippen LogP contribution in [0.5, 0.6) is 0 Å². The van der Waals surface area contributed by atoms with Crippen molar-refractivity contribution in [3.63, 3.8) is 0 Å². The van der Waals surface area contributed by atoms with E-state index >= 15 is 0 Å². The summed E-state index contributed by atoms with van der Waals surface area (Å²) in [6.45, 7) is 0. The maximum Gasteiger partial charge on any atom is 0.159 e. The van der Waals surface area contributed by atoms with E-state index in [4.69, 9.17) is 4.98 Å². The lowest BCUT2D eigenvalue weighted by molar-refractivity contribution is 0.673. The van der Waals surface area contributed by atoms with Crippen LogP contribution in [0.3, 0.4) is 0 Å². The zero-order valence-corrected chi connectivity index (χ0v) is 15.2. The molecule has 0 aliphatic rings. The lowest BCUT2D eigenvalue weighted by Crippen LogP contribution is -2.10. The fourth-order valence-electron chi connectivity index (χ4n) is 3.33. The molecule has 0 fully saturated rings. The fourth-order valence-corrected chi connectivity index (χ4v) is 3.33. The van der Waals surface area contributed by atoms with E-state index in [9.17, 15) is 0 Å². The molecular weight excluding hydrogens is 344 g/mol. The van der Waals surface area contributed by atoms with Crippen LogP contribution in [0.25, 0.3) is 34.0 Å². The summed E-state index contributed by atoms with van der Waals surface area (Å²) in [5, 5.41) is 0. The molecule has 0 N–H and O–H groups in total. The molecule has 0 atom stereocenters. The minimum absolute atomic E-state index is 0.870. The van der Waals surface area contributed by atoms with Gasteiger partial charge in [0.2, 0.25) is 0 Å². The number of aromatic nitrogens is 4. The van der Waals surface area contributed by atoms with Crippen LogP contribution in [0.4, 0.5) is 0 Å². The molecule has 4 heteroatoms. The Bertz CT molecular complexity index is 1190. The molecule has 134 valence electrons. The predicted octanol–water partition coefficient (Wildman–Crippen LogP) is 5.39. The molecule has 28 heavy (non-hydrogen) atoms. The van der Waals surface area contributed by atoms with Crippen LogP contribution in [0, 0.1) is 0 Å². The van der Waals surface area contributed by atoms with E-state index in [1.165, 1.54) is 0 Å². The van der Waals surface area contributed by atoms with Gasteiger partial charge in [0, 0.05) is 29.1 Å². The Hall–Kier alpha value is -3.92. The first-order chi connectivity index (χ1) is 13.9. The largest absolute Gasteiger partial charge is 0.235 e. The van der Waals surface area contributed by atoms with Gasteiger partial charge in [0.05, 0.1) is 11.9 Å². The highest BCUT2D eigenvalue weighted by atomic mass is 15.5. The Balaban J connectivity index is 1.72. The molecule has 5 rings (SSSR count). The van der Waals surface area contributed by atoms with Gasteiger partial charge in [-0.25, -0.2) is 19.3 Å². The zero-order chi connectivity index (χ0) is 18.8. The number of hydrogen-bond donors (Lipinski definition) is 0. The zero-order valence-electron chi connectivity index (χ0n) is 15.2. The second kappa shape index (κ2) is 7.00. The molecule has 2 aromatic heterocycles. The van der Waals surface area contributed by atoms with Crippen LogP contribution >= 0.6 is 0 Å². The van der Waals surface area contributed by atoms with E-state index in [2.05, 4.69) is 52.3 Å². The summed E-state index contributed by atoms with van der Waals surface area (Å²) in [7, 11) is 0. The molecule has 0 aliphatic carbocycles. The summed E-state index contributed by atoms with van der Waals surface area (Å²) in [5.74, 6) is 1.74. The molecule has 2 heterocycles. The van der Waals surface area contributed by atoms with Gasteiger partial charge >= 0.3 is 0 Å². The Morgan fingerprint density at radius 3 is 1.68 bits per heavy atom. The first kappa shape index (κ1) is 16.3. The number of nitrogens with zero attached hydrogens (tertiary/aromatic N) is 4. The molecule has 5 aromatic rings. The van der Waals surface area contributed by atoms with Crippen LogP contribution in [0.1, 0.15) is 0 Å². The van der Waals surface area contributed by atoms with E-state index in [0.717, 1.165) is 34.0 Å². The van der Waals surface area contributed by atoms with Crippen molar-refractivity contribution in [2.24, 2.45) is 0 Å². The van der Waals surface area contributed by atoms with Gasteiger partial charge in [-0.1, -0.05) is 91.0 Å². The van der Waals surface area contributed by atoms with Crippen molar-refractivity contribution in [3.05, 3.63) is 110 Å². The molecule has 0 aliphatic heterocycles. The van der Waals surface area contributed by atoms with Crippen molar-refractivity contribution in [1.29, 1.82) is 0 Å². The smallest absolute Gasteiger partial charge is 0.159 e. The second-order valence-corrected chi connectivity index (χ2v) is 6.49. The van der Waals surface area contributed by atoms with E-state index in [0.29, 0.717) is 0 Å². The second-order valence-electron chi connectivity index (χ2n) is 6.49. The topological polar surface area (TPSA) is 35.6 Å². The summed E-state index contributed by atoms with van der Waals surface area (Å²) in [5.41, 5.74) is 4.12. The number of hydrogen-bond acceptors (Lipinski definition) is 2. The third kappa shape index (κ3) is 2.91. The van der Waals surface area contributed by atoms with Crippen molar-refractivity contribution < 1.29 is 0 Å². The van der Waals surface area contributed by atoms with E-state index in [1.54, 1.807) is 0 Å². The van der Waals surface area contributed by atoms with Gasteiger partial charge in [0.25, 0.3) is 0 Å². The minimum atomic E-state index is 0.870. The quantitative estimate of drug-likeness (QED) is 0.429. The van der Waals surface area contributed by atoms with Crippen LogP contribution < -0.4 is 0 Å². The maximum absolute atomic E-state index is 4.96. The van der Waals surface area contributed by atoms with Crippen molar-refractivity contribution in [1.82, 2.24) is 19.3 Å². The van der Waals surface area contributed by atoms with Gasteiger partial charge in [-0.05, 0) is 0 Å². The van der Waals surface area contributed by atoms with E-state index < -0.39 is 0 Å². The summed E-state index contributed by atoms with van der Waals surface area (Å²) in [6, 6.07) is 30.6. The Labute approximate surface area is 163 Å². The molecule has 0 spiro atoms. The normalized spacial score (nSPS) is 10.9. The standard InChI is InChI=1S/C24H18N4/c1-4-10-19(11-5-1)22-18-28(24(26-22)21-14-8-3-9-15-21)27-17-16-25-23(27)20-12-6-2-7-13-20/h1-18H. The lowest BCUT2D eigenvalue weighted by atomic mass is 10.2. The molecule has 3 aromatic carbocycles. The highest BCUT2D eigenvalue weighted by Crippen LogP contribution is 2.27. The Kier molecular flexibility index (Phi) is 4.07. The first-order valence-corrected chi connectivity index (χ1v) is 9.20. The average Bonchev–Trinajstić information content (AvgIpc) is 3.43. The van der Waals surface area contributed by atoms with Gasteiger partial charge < -0.3 is 0 Å². The summed E-state index contributed by atoms with van der Waals surface area (Å²) < 4.78 is 4.10. The SMILES string of the molecule is c1ccc(-c2cn(-n3ccnc3-c3ccccc3)c(-c3ccccc3)n2)cc1. The predicted molar refractivity (Wildman–Crippen MR) is 112 cm³/mol. The number of rotatable bonds is 4. The molecule has 0 saturated heterocycles. The molecule has 4 nitrogen and oxygen atoms in total. The van der Waals surface area contributed by atoms with Crippen LogP contribution in [0.2, 0.25) is 0 Å². The monoisotopic (exact) mass is 362 g/mol. The highest BCUT2D eigenvalue weighted by Gasteiger charge is 2.15. The van der Waals surface area contributed by atoms with Crippen LogP contribution in [-0.4, -0.2) is 19.3 Å². The Morgan fingerprint density at radius 2 is 1.07 bits per heavy atom. The lowest BCUT2D eigenvalue weighted by Gasteiger charge is -2.12. The van der Waals surface area contributed by atoms with E-state index in [1.807, 2.05) is 71.7 Å². The van der Waals surface area contributed by atoms with Gasteiger partial charge in [0.1, 0.15) is 0 Å². The maximum atomic E-state index is 4.96. The third-order valence-corrected chi connectivity index (χ3v) is 4.68. The number of imidazole rings is 2. The number of benzene rings is 3. The van der Waals surface area contributed by atoms with E-state index in [-0.39, 0.29) is 0 Å². The van der Waals surface area contributed by atoms with Crippen molar-refractivity contribution in [2.45, 2.75) is 0 Å². The summed E-state index contributed by atoms with van der Waals surface area (Å²) in [4.78, 5) is 9.55. The first-order valence-electron chi connectivity index (χ1n) is 9.20. The van der Waals surface area contributed by atoms with Crippen LogP contribution in [-0.2, 0) is 0 Å². The summed E-state index contributed by atoms with van der Waals surface area (Å²) in [6.07, 6.45) is 5.84. The average molecular weight is 362 g/mol. The molecule has 0 amide bonds. The summed E-state index contributed by atoms with van der Waals surface area (Å²) >= 11 is 0. The highest BCUT2D eigenvalue weighted by molar-refractivity contribution is 5.65. The molecule has 0 bridgehead atoms. The third-order valence-electron chi connectivity index (χ3n) is 4.68. The van der Waals surface area contributed by atoms with Gasteiger partial charge in [0.15, 0.2) is 11.6 Å². The molecule has 0 saturated carbocycles. The van der Waals surface area contributed by atoms with Crippen molar-refractivity contribution in [2.75, 3.05) is 0 Å². The molecule has 0 unspecified atom stereocenters. The van der Waals surface area contributed by atoms with Crippen molar-refractivity contribution >= 4 is 0 Å². The van der Waals surface area contributed by atoms with Crippen LogP contribution in [0.15, 0.2) is 110 Å². The molecular formula is C24H18N4. The Morgan fingerprint density at radius 1 is 0.536 bits per heavy atom. The fraction of sp³-hybridized carbons (Fsp3) is 0. The van der Waals surface area contributed by atoms with Gasteiger partial charge in [-0.3, -0.25) is 0 Å². The van der Waals surface area contributed by atoms with Gasteiger partial charge in [-0.2, -0.15) is 0 Å². The van der Waals surface area contributed by atoms with Gasteiger partial charge in [-0.15, -0.1) is 0 Å². The van der Waals surface area contributed by atoms with Crippen molar-refractivity contribution in [3.8, 4) is 34.0 Å².